The predicted octanol–water partition coefficient (Wildman–Crippen LogP) is 2.59. The van der Waals surface area contributed by atoms with Crippen molar-refractivity contribution in [3.05, 3.63) is 35.5 Å². The standard InChI is InChI=1S/C13H15N3OS/c1-9(2)7-15-12(17)11-8-18-13(16-11)10-5-3-4-6-14-10/h3-6,8-9H,7H2,1-2H3,(H,15,17). The molecular weight excluding hydrogens is 246 g/mol. The van der Waals surface area contributed by atoms with E-state index in [0.717, 1.165) is 10.7 Å². The topological polar surface area (TPSA) is 54.9 Å². The molecule has 0 saturated carbocycles. The van der Waals surface area contributed by atoms with Crippen molar-refractivity contribution in [2.24, 2.45) is 5.92 Å². The average Bonchev–Trinajstić information content (AvgIpc) is 2.86. The Morgan fingerprint density at radius 2 is 2.28 bits per heavy atom. The first-order chi connectivity index (χ1) is 8.66. The molecule has 0 saturated heterocycles. The summed E-state index contributed by atoms with van der Waals surface area (Å²) in [6, 6.07) is 5.64. The van der Waals surface area contributed by atoms with Crippen LogP contribution in [0.2, 0.25) is 0 Å². The normalized spacial score (nSPS) is 10.6. The molecule has 94 valence electrons. The number of nitrogens with one attached hydrogen (secondary N) is 1. The van der Waals surface area contributed by atoms with Gasteiger partial charge in [-0.1, -0.05) is 19.9 Å². The number of nitrogens with zero attached hydrogens (tertiary/aromatic N) is 2. The van der Waals surface area contributed by atoms with Crippen LogP contribution in [0, 0.1) is 5.92 Å². The van der Waals surface area contributed by atoms with Crippen LogP contribution in [0.5, 0.6) is 0 Å². The van der Waals surface area contributed by atoms with Gasteiger partial charge in [0, 0.05) is 18.1 Å². The lowest BCUT2D eigenvalue weighted by atomic mass is 10.2. The van der Waals surface area contributed by atoms with Gasteiger partial charge in [-0.2, -0.15) is 0 Å². The van der Waals surface area contributed by atoms with Crippen LogP contribution in [-0.2, 0) is 0 Å². The van der Waals surface area contributed by atoms with Gasteiger partial charge in [-0.05, 0) is 18.1 Å². The number of carbonyl (C=O) groups excluding carboxylic acids is 1. The van der Waals surface area contributed by atoms with Gasteiger partial charge in [-0.25, -0.2) is 4.98 Å². The van der Waals surface area contributed by atoms with Crippen molar-refractivity contribution in [3.8, 4) is 10.7 Å². The Morgan fingerprint density at radius 1 is 1.44 bits per heavy atom. The molecule has 2 heterocycles. The lowest BCUT2D eigenvalue weighted by Crippen LogP contribution is -2.27. The van der Waals surface area contributed by atoms with E-state index in [1.54, 1.807) is 11.6 Å². The number of amides is 1. The fourth-order valence-corrected chi connectivity index (χ4v) is 2.15. The molecule has 0 aliphatic carbocycles. The van der Waals surface area contributed by atoms with Gasteiger partial charge < -0.3 is 5.32 Å². The van der Waals surface area contributed by atoms with Gasteiger partial charge in [0.15, 0.2) is 0 Å². The molecule has 0 radical (unpaired) electrons. The zero-order valence-electron chi connectivity index (χ0n) is 10.4. The van der Waals surface area contributed by atoms with E-state index in [2.05, 4.69) is 29.1 Å². The predicted molar refractivity (Wildman–Crippen MR) is 72.5 cm³/mol. The van der Waals surface area contributed by atoms with Crippen LogP contribution in [0.15, 0.2) is 29.8 Å². The highest BCUT2D eigenvalue weighted by atomic mass is 32.1. The summed E-state index contributed by atoms with van der Waals surface area (Å²) in [4.78, 5) is 20.3. The SMILES string of the molecule is CC(C)CNC(=O)c1csc(-c2ccccn2)n1. The Bertz CT molecular complexity index is 522. The summed E-state index contributed by atoms with van der Waals surface area (Å²) >= 11 is 1.43. The zero-order valence-corrected chi connectivity index (χ0v) is 11.2. The van der Waals surface area contributed by atoms with Crippen molar-refractivity contribution in [3.63, 3.8) is 0 Å². The highest BCUT2D eigenvalue weighted by Crippen LogP contribution is 2.21. The summed E-state index contributed by atoms with van der Waals surface area (Å²) in [7, 11) is 0. The molecule has 0 atom stereocenters. The molecule has 0 aliphatic rings. The van der Waals surface area contributed by atoms with Crippen molar-refractivity contribution in [2.45, 2.75) is 13.8 Å². The van der Waals surface area contributed by atoms with Crippen LogP contribution in [0.25, 0.3) is 10.7 Å². The van der Waals surface area contributed by atoms with Gasteiger partial charge in [-0.15, -0.1) is 11.3 Å². The van der Waals surface area contributed by atoms with Crippen LogP contribution < -0.4 is 5.32 Å². The molecule has 2 aromatic heterocycles. The Balaban J connectivity index is 2.09. The summed E-state index contributed by atoms with van der Waals surface area (Å²) in [6.07, 6.45) is 1.72. The number of thiazole rings is 1. The van der Waals surface area contributed by atoms with Gasteiger partial charge in [0.05, 0.1) is 5.69 Å². The second-order valence-corrected chi connectivity index (χ2v) is 5.21. The smallest absolute Gasteiger partial charge is 0.270 e. The Hall–Kier alpha value is -1.75. The maximum absolute atomic E-state index is 11.8. The summed E-state index contributed by atoms with van der Waals surface area (Å²) in [5, 5.41) is 5.38. The number of hydrogen-bond donors (Lipinski definition) is 1. The Labute approximate surface area is 110 Å². The number of aromatic nitrogens is 2. The monoisotopic (exact) mass is 261 g/mol. The lowest BCUT2D eigenvalue weighted by Gasteiger charge is -2.05. The maximum atomic E-state index is 11.8. The van der Waals surface area contributed by atoms with E-state index in [1.807, 2.05) is 18.2 Å². The van der Waals surface area contributed by atoms with Gasteiger partial charge in [0.2, 0.25) is 0 Å². The first-order valence-corrected chi connectivity index (χ1v) is 6.70. The first kappa shape index (κ1) is 12.7. The summed E-state index contributed by atoms with van der Waals surface area (Å²) in [5.74, 6) is 0.310. The first-order valence-electron chi connectivity index (χ1n) is 5.82. The molecule has 0 bridgehead atoms. The van der Waals surface area contributed by atoms with E-state index in [-0.39, 0.29) is 5.91 Å². The fourth-order valence-electron chi connectivity index (χ4n) is 1.37. The third kappa shape index (κ3) is 3.13. The van der Waals surface area contributed by atoms with Crippen molar-refractivity contribution >= 4 is 17.2 Å². The third-order valence-electron chi connectivity index (χ3n) is 2.29. The Morgan fingerprint density at radius 3 is 2.94 bits per heavy atom. The highest BCUT2D eigenvalue weighted by molar-refractivity contribution is 7.13. The van der Waals surface area contributed by atoms with E-state index >= 15 is 0 Å². The molecule has 1 amide bonds. The molecule has 4 nitrogen and oxygen atoms in total. The van der Waals surface area contributed by atoms with Gasteiger partial charge >= 0.3 is 0 Å². The Kier molecular flexibility index (Phi) is 4.04. The second kappa shape index (κ2) is 5.73. The number of rotatable bonds is 4. The van der Waals surface area contributed by atoms with E-state index in [4.69, 9.17) is 0 Å². The molecule has 0 unspecified atom stereocenters. The third-order valence-corrected chi connectivity index (χ3v) is 3.16. The van der Waals surface area contributed by atoms with Crippen molar-refractivity contribution < 1.29 is 4.79 Å². The minimum atomic E-state index is -0.123. The molecule has 1 N–H and O–H groups in total. The van der Waals surface area contributed by atoms with Gasteiger partial charge in [-0.3, -0.25) is 9.78 Å². The van der Waals surface area contributed by atoms with Crippen LogP contribution in [-0.4, -0.2) is 22.4 Å². The summed E-state index contributed by atoms with van der Waals surface area (Å²) < 4.78 is 0. The second-order valence-electron chi connectivity index (χ2n) is 4.36. The minimum Gasteiger partial charge on any atom is -0.350 e. The summed E-state index contributed by atoms with van der Waals surface area (Å²) in [6.45, 7) is 4.77. The highest BCUT2D eigenvalue weighted by Gasteiger charge is 2.12. The van der Waals surface area contributed by atoms with E-state index < -0.39 is 0 Å². The van der Waals surface area contributed by atoms with Crippen molar-refractivity contribution in [2.75, 3.05) is 6.54 Å². The van der Waals surface area contributed by atoms with Crippen molar-refractivity contribution in [1.82, 2.24) is 15.3 Å². The molecule has 0 spiro atoms. The average molecular weight is 261 g/mol. The zero-order chi connectivity index (χ0) is 13.0. The van der Waals surface area contributed by atoms with Crippen LogP contribution in [0.3, 0.4) is 0 Å². The number of carbonyl (C=O) groups is 1. The maximum Gasteiger partial charge on any atom is 0.270 e. The lowest BCUT2D eigenvalue weighted by molar-refractivity contribution is 0.0945. The van der Waals surface area contributed by atoms with Crippen LogP contribution >= 0.6 is 11.3 Å². The van der Waals surface area contributed by atoms with E-state index in [1.165, 1.54) is 11.3 Å². The molecular formula is C13H15N3OS. The number of hydrogen-bond acceptors (Lipinski definition) is 4. The molecule has 0 aromatic carbocycles. The minimum absolute atomic E-state index is 0.123. The van der Waals surface area contributed by atoms with Crippen molar-refractivity contribution in [1.29, 1.82) is 0 Å². The largest absolute Gasteiger partial charge is 0.350 e. The van der Waals surface area contributed by atoms with Gasteiger partial charge in [0.1, 0.15) is 10.7 Å². The van der Waals surface area contributed by atoms with Crippen LogP contribution in [0.1, 0.15) is 24.3 Å². The molecule has 5 heteroatoms. The van der Waals surface area contributed by atoms with E-state index in [0.29, 0.717) is 18.2 Å². The molecule has 2 rings (SSSR count). The summed E-state index contributed by atoms with van der Waals surface area (Å²) in [5.41, 5.74) is 1.26. The van der Waals surface area contributed by atoms with Crippen LogP contribution in [0.4, 0.5) is 0 Å². The van der Waals surface area contributed by atoms with E-state index in [9.17, 15) is 4.79 Å². The molecule has 0 aliphatic heterocycles. The molecule has 18 heavy (non-hydrogen) atoms. The fraction of sp³-hybridized carbons (Fsp3) is 0.308. The molecule has 0 fully saturated rings. The number of pyridine rings is 1. The molecule has 2 aromatic rings. The quantitative estimate of drug-likeness (QED) is 0.920. The van der Waals surface area contributed by atoms with Gasteiger partial charge in [0.25, 0.3) is 5.91 Å².